The summed E-state index contributed by atoms with van der Waals surface area (Å²) in [5.41, 5.74) is 2.33. The molecule has 0 aliphatic carbocycles. The first-order valence-corrected chi connectivity index (χ1v) is 10.8. The third-order valence-electron chi connectivity index (χ3n) is 5.45. The fraction of sp³-hybridized carbons (Fsp3) is 0.773. The number of aromatic nitrogens is 2. The van der Waals surface area contributed by atoms with Crippen LogP contribution in [0.5, 0.6) is 0 Å². The molecule has 0 spiro atoms. The Hall–Kier alpha value is -1.65. The minimum atomic E-state index is 0.326. The zero-order chi connectivity index (χ0) is 19.8. The fourth-order valence-corrected chi connectivity index (χ4v) is 4.04. The third-order valence-corrected chi connectivity index (χ3v) is 5.45. The molecule has 5 nitrogen and oxygen atoms in total. The van der Waals surface area contributed by atoms with E-state index in [2.05, 4.69) is 42.5 Å². The molecule has 5 heteroatoms. The van der Waals surface area contributed by atoms with Gasteiger partial charge in [-0.3, -0.25) is 4.79 Å². The van der Waals surface area contributed by atoms with Gasteiger partial charge in [0.15, 0.2) is 0 Å². The van der Waals surface area contributed by atoms with Gasteiger partial charge in [0.05, 0.1) is 0 Å². The van der Waals surface area contributed by atoms with Crippen LogP contribution >= 0.6 is 0 Å². The Bertz CT molecular complexity index is 615. The number of aryl methyl sites for hydroxylation is 2. The summed E-state index contributed by atoms with van der Waals surface area (Å²) in [6.45, 7) is 14.2. The SMILES string of the molecule is CCCCCCCC(=O)N1CCCN(c2nc(C)nc(C)c2C(C)C)CC1. The molecule has 0 unspecified atom stereocenters. The monoisotopic (exact) mass is 374 g/mol. The van der Waals surface area contributed by atoms with Gasteiger partial charge in [-0.15, -0.1) is 0 Å². The highest BCUT2D eigenvalue weighted by molar-refractivity contribution is 5.76. The van der Waals surface area contributed by atoms with Gasteiger partial charge in [-0.1, -0.05) is 46.5 Å². The lowest BCUT2D eigenvalue weighted by atomic mass is 10.0. The van der Waals surface area contributed by atoms with Crippen molar-refractivity contribution >= 4 is 11.7 Å². The highest BCUT2D eigenvalue weighted by Gasteiger charge is 2.23. The van der Waals surface area contributed by atoms with Crippen molar-refractivity contribution in [1.29, 1.82) is 0 Å². The van der Waals surface area contributed by atoms with Crippen molar-refractivity contribution in [1.82, 2.24) is 14.9 Å². The summed E-state index contributed by atoms with van der Waals surface area (Å²) < 4.78 is 0. The molecule has 1 aromatic rings. The second kappa shape index (κ2) is 10.6. The van der Waals surface area contributed by atoms with Crippen molar-refractivity contribution in [2.24, 2.45) is 0 Å². The van der Waals surface area contributed by atoms with Gasteiger partial charge in [0.25, 0.3) is 0 Å². The summed E-state index contributed by atoms with van der Waals surface area (Å²) in [4.78, 5) is 26.4. The largest absolute Gasteiger partial charge is 0.354 e. The van der Waals surface area contributed by atoms with Gasteiger partial charge in [-0.05, 0) is 32.6 Å². The highest BCUT2D eigenvalue weighted by Crippen LogP contribution is 2.29. The van der Waals surface area contributed by atoms with Crippen LogP contribution in [0, 0.1) is 13.8 Å². The Morgan fingerprint density at radius 2 is 1.74 bits per heavy atom. The number of carbonyl (C=O) groups excluding carboxylic acids is 1. The van der Waals surface area contributed by atoms with Gasteiger partial charge < -0.3 is 9.80 Å². The van der Waals surface area contributed by atoms with Crippen molar-refractivity contribution in [3.63, 3.8) is 0 Å². The molecule has 0 radical (unpaired) electrons. The van der Waals surface area contributed by atoms with Gasteiger partial charge >= 0.3 is 0 Å². The van der Waals surface area contributed by atoms with Crippen molar-refractivity contribution in [2.45, 2.75) is 85.5 Å². The normalized spacial score (nSPS) is 15.3. The lowest BCUT2D eigenvalue weighted by molar-refractivity contribution is -0.131. The molecule has 0 N–H and O–H groups in total. The summed E-state index contributed by atoms with van der Waals surface area (Å²) in [7, 11) is 0. The molecule has 1 aliphatic heterocycles. The second-order valence-electron chi connectivity index (χ2n) is 8.13. The first-order chi connectivity index (χ1) is 12.9. The van der Waals surface area contributed by atoms with Gasteiger partial charge in [-0.2, -0.15) is 0 Å². The Morgan fingerprint density at radius 3 is 2.44 bits per heavy atom. The van der Waals surface area contributed by atoms with Crippen molar-refractivity contribution in [3.05, 3.63) is 17.1 Å². The Kier molecular flexibility index (Phi) is 8.52. The average molecular weight is 375 g/mol. The quantitative estimate of drug-likeness (QED) is 0.623. The topological polar surface area (TPSA) is 49.3 Å². The highest BCUT2D eigenvalue weighted by atomic mass is 16.2. The third kappa shape index (κ3) is 6.18. The van der Waals surface area contributed by atoms with E-state index in [0.717, 1.165) is 56.4 Å². The maximum atomic E-state index is 12.6. The minimum Gasteiger partial charge on any atom is -0.354 e. The first kappa shape index (κ1) is 21.6. The maximum absolute atomic E-state index is 12.6. The molecule has 1 saturated heterocycles. The van der Waals surface area contributed by atoms with E-state index >= 15 is 0 Å². The number of hydrogen-bond acceptors (Lipinski definition) is 4. The van der Waals surface area contributed by atoms with Gasteiger partial charge in [-0.25, -0.2) is 9.97 Å². The van der Waals surface area contributed by atoms with Crippen LogP contribution in [0.4, 0.5) is 5.82 Å². The van der Waals surface area contributed by atoms with Crippen molar-refractivity contribution < 1.29 is 4.79 Å². The first-order valence-electron chi connectivity index (χ1n) is 10.8. The summed E-state index contributed by atoms with van der Waals surface area (Å²) in [5.74, 6) is 2.62. The number of rotatable bonds is 8. The van der Waals surface area contributed by atoms with E-state index in [1.165, 1.54) is 31.2 Å². The number of carbonyl (C=O) groups is 1. The van der Waals surface area contributed by atoms with Gasteiger partial charge in [0.2, 0.25) is 5.91 Å². The van der Waals surface area contributed by atoms with E-state index in [9.17, 15) is 4.79 Å². The zero-order valence-corrected chi connectivity index (χ0v) is 18.1. The Labute approximate surface area is 165 Å². The van der Waals surface area contributed by atoms with Crippen LogP contribution in [0.1, 0.15) is 88.7 Å². The molecular formula is C22H38N4O. The Morgan fingerprint density at radius 1 is 1.00 bits per heavy atom. The second-order valence-corrected chi connectivity index (χ2v) is 8.13. The molecule has 152 valence electrons. The van der Waals surface area contributed by atoms with E-state index in [1.54, 1.807) is 0 Å². The molecule has 2 rings (SSSR count). The van der Waals surface area contributed by atoms with Crippen LogP contribution in [-0.4, -0.2) is 47.0 Å². The maximum Gasteiger partial charge on any atom is 0.222 e. The van der Waals surface area contributed by atoms with Crippen LogP contribution in [0.15, 0.2) is 0 Å². The van der Waals surface area contributed by atoms with Crippen LogP contribution in [0.25, 0.3) is 0 Å². The molecule has 1 aliphatic rings. The molecule has 0 aromatic carbocycles. The summed E-state index contributed by atoms with van der Waals surface area (Å²) >= 11 is 0. The predicted molar refractivity (Wildman–Crippen MR) is 112 cm³/mol. The number of nitrogens with zero attached hydrogens (tertiary/aromatic N) is 4. The van der Waals surface area contributed by atoms with Crippen molar-refractivity contribution in [2.75, 3.05) is 31.1 Å². The molecular weight excluding hydrogens is 336 g/mol. The lowest BCUT2D eigenvalue weighted by Crippen LogP contribution is -2.35. The molecule has 0 bridgehead atoms. The molecule has 1 fully saturated rings. The number of anilines is 1. The average Bonchev–Trinajstić information content (AvgIpc) is 2.86. The standard InChI is InChI=1S/C22H38N4O/c1-6-7-8-9-10-12-20(27)25-13-11-14-26(16-15-25)22-21(17(2)3)18(4)23-19(5)24-22/h17H,6-16H2,1-5H3. The van der Waals surface area contributed by atoms with E-state index in [-0.39, 0.29) is 0 Å². The summed E-state index contributed by atoms with van der Waals surface area (Å²) in [6.07, 6.45) is 7.69. The van der Waals surface area contributed by atoms with Gasteiger partial charge in [0, 0.05) is 43.9 Å². The van der Waals surface area contributed by atoms with Crippen LogP contribution in [-0.2, 0) is 4.79 Å². The molecule has 1 amide bonds. The summed E-state index contributed by atoms with van der Waals surface area (Å²) in [5, 5.41) is 0. The molecule has 27 heavy (non-hydrogen) atoms. The molecule has 1 aromatic heterocycles. The number of hydrogen-bond donors (Lipinski definition) is 0. The molecule has 0 atom stereocenters. The Balaban J connectivity index is 1.98. The predicted octanol–water partition coefficient (Wildman–Crippen LogP) is 4.62. The van der Waals surface area contributed by atoms with Crippen LogP contribution in [0.2, 0.25) is 0 Å². The number of unbranched alkanes of at least 4 members (excludes halogenated alkanes) is 4. The van der Waals surface area contributed by atoms with E-state index in [0.29, 0.717) is 18.2 Å². The van der Waals surface area contributed by atoms with Gasteiger partial charge in [0.1, 0.15) is 11.6 Å². The minimum absolute atomic E-state index is 0.326. The molecule has 2 heterocycles. The van der Waals surface area contributed by atoms with Crippen LogP contribution in [0.3, 0.4) is 0 Å². The van der Waals surface area contributed by atoms with E-state index < -0.39 is 0 Å². The molecule has 0 saturated carbocycles. The zero-order valence-electron chi connectivity index (χ0n) is 18.1. The summed E-state index contributed by atoms with van der Waals surface area (Å²) in [6, 6.07) is 0. The van der Waals surface area contributed by atoms with E-state index in [1.807, 2.05) is 6.92 Å². The number of amides is 1. The smallest absolute Gasteiger partial charge is 0.222 e. The lowest BCUT2D eigenvalue weighted by Gasteiger charge is -2.27. The van der Waals surface area contributed by atoms with E-state index in [4.69, 9.17) is 4.98 Å². The fourth-order valence-electron chi connectivity index (χ4n) is 4.04. The van der Waals surface area contributed by atoms with Crippen molar-refractivity contribution in [3.8, 4) is 0 Å². The van der Waals surface area contributed by atoms with Crippen LogP contribution < -0.4 is 4.90 Å².